The Labute approximate surface area is 186 Å². The van der Waals surface area contributed by atoms with Crippen LogP contribution in [0.4, 0.5) is 0 Å². The van der Waals surface area contributed by atoms with E-state index in [9.17, 15) is 19.2 Å². The van der Waals surface area contributed by atoms with Crippen molar-refractivity contribution in [3.05, 3.63) is 35.5 Å². The molecule has 0 saturated carbocycles. The van der Waals surface area contributed by atoms with E-state index in [0.29, 0.717) is 12.8 Å². The van der Waals surface area contributed by atoms with E-state index < -0.39 is 53.7 Å². The lowest BCUT2D eigenvalue weighted by Crippen LogP contribution is -2.47. The van der Waals surface area contributed by atoms with Gasteiger partial charge >= 0.3 is 23.9 Å². The van der Waals surface area contributed by atoms with Gasteiger partial charge in [-0.15, -0.1) is 0 Å². The van der Waals surface area contributed by atoms with E-state index in [4.69, 9.17) is 23.7 Å². The molecular formula is C23H28O9. The van der Waals surface area contributed by atoms with Crippen molar-refractivity contribution in [3.63, 3.8) is 0 Å². The van der Waals surface area contributed by atoms with Gasteiger partial charge in [-0.2, -0.15) is 0 Å². The van der Waals surface area contributed by atoms with Gasteiger partial charge in [-0.05, 0) is 39.7 Å². The molecule has 2 fully saturated rings. The minimum Gasteiger partial charge on any atom is -0.466 e. The lowest BCUT2D eigenvalue weighted by atomic mass is 9.83. The lowest BCUT2D eigenvalue weighted by Gasteiger charge is -2.33. The maximum atomic E-state index is 13.0. The summed E-state index contributed by atoms with van der Waals surface area (Å²) in [5.41, 5.74) is -0.216. The molecule has 32 heavy (non-hydrogen) atoms. The van der Waals surface area contributed by atoms with Crippen molar-refractivity contribution in [1.82, 2.24) is 0 Å². The van der Waals surface area contributed by atoms with E-state index >= 15 is 0 Å². The Morgan fingerprint density at radius 2 is 1.91 bits per heavy atom. The molecule has 0 spiro atoms. The Morgan fingerprint density at radius 1 is 1.25 bits per heavy atom. The van der Waals surface area contributed by atoms with Crippen molar-refractivity contribution >= 4 is 23.9 Å². The highest BCUT2D eigenvalue weighted by atomic mass is 16.7. The number of hydrogen-bond acceptors (Lipinski definition) is 9. The van der Waals surface area contributed by atoms with Crippen LogP contribution < -0.4 is 0 Å². The van der Waals surface area contributed by atoms with Crippen LogP contribution >= 0.6 is 0 Å². The van der Waals surface area contributed by atoms with Gasteiger partial charge in [-0.3, -0.25) is 4.79 Å². The second kappa shape index (κ2) is 8.90. The molecule has 0 unspecified atom stereocenters. The van der Waals surface area contributed by atoms with Gasteiger partial charge < -0.3 is 23.7 Å². The summed E-state index contributed by atoms with van der Waals surface area (Å²) in [5, 5.41) is 0. The molecule has 0 aromatic rings. The van der Waals surface area contributed by atoms with Gasteiger partial charge in [0.1, 0.15) is 6.10 Å². The van der Waals surface area contributed by atoms with Gasteiger partial charge in [0.2, 0.25) is 0 Å². The summed E-state index contributed by atoms with van der Waals surface area (Å²) < 4.78 is 27.1. The maximum Gasteiger partial charge on any atom is 0.341 e. The minimum atomic E-state index is -1.34. The number of carbonyl (C=O) groups is 4. The molecule has 2 saturated heterocycles. The Hall–Kier alpha value is -2.94. The first-order valence-electron chi connectivity index (χ1n) is 10.4. The normalized spacial score (nSPS) is 37.6. The molecule has 2 heterocycles. The molecule has 0 amide bonds. The minimum absolute atomic E-state index is 0.0102. The molecule has 2 aliphatic heterocycles. The largest absolute Gasteiger partial charge is 0.466 e. The van der Waals surface area contributed by atoms with Crippen LogP contribution in [0.2, 0.25) is 0 Å². The van der Waals surface area contributed by atoms with Gasteiger partial charge in [-0.1, -0.05) is 18.2 Å². The molecule has 0 bridgehead atoms. The third kappa shape index (κ3) is 4.48. The van der Waals surface area contributed by atoms with E-state index in [1.54, 1.807) is 26.0 Å². The van der Waals surface area contributed by atoms with Crippen LogP contribution in [0.15, 0.2) is 35.5 Å². The highest BCUT2D eigenvalue weighted by Gasteiger charge is 2.59. The summed E-state index contributed by atoms with van der Waals surface area (Å²) in [6, 6.07) is 0. The number of methoxy groups -OCH3 is 1. The van der Waals surface area contributed by atoms with Crippen molar-refractivity contribution in [2.45, 2.75) is 70.6 Å². The van der Waals surface area contributed by atoms with E-state index in [0.717, 1.165) is 5.57 Å². The quantitative estimate of drug-likeness (QED) is 0.209. The zero-order chi connectivity index (χ0) is 23.8. The van der Waals surface area contributed by atoms with Crippen LogP contribution in [0.3, 0.4) is 0 Å². The molecule has 1 aliphatic carbocycles. The summed E-state index contributed by atoms with van der Waals surface area (Å²) in [5.74, 6) is -3.70. The second-order valence-electron chi connectivity index (χ2n) is 8.39. The molecule has 9 heteroatoms. The number of esters is 4. The predicted molar refractivity (Wildman–Crippen MR) is 110 cm³/mol. The average molecular weight is 448 g/mol. The number of ether oxygens (including phenoxy) is 5. The number of carbonyl (C=O) groups excluding carboxylic acids is 4. The van der Waals surface area contributed by atoms with Crippen LogP contribution in [0.1, 0.15) is 40.5 Å². The summed E-state index contributed by atoms with van der Waals surface area (Å²) in [6.45, 7) is 10.2. The van der Waals surface area contributed by atoms with Crippen LogP contribution in [0.25, 0.3) is 0 Å². The first-order chi connectivity index (χ1) is 15.0. The summed E-state index contributed by atoms with van der Waals surface area (Å²) in [6.07, 6.45) is 0.540. The van der Waals surface area contributed by atoms with Crippen molar-refractivity contribution in [3.8, 4) is 0 Å². The zero-order valence-corrected chi connectivity index (χ0v) is 18.8. The topological polar surface area (TPSA) is 118 Å². The van der Waals surface area contributed by atoms with Gasteiger partial charge in [0.15, 0.2) is 17.8 Å². The number of allylic oxidation sites excluding steroid dienone is 2. The fourth-order valence-electron chi connectivity index (χ4n) is 3.98. The van der Waals surface area contributed by atoms with Crippen LogP contribution in [-0.2, 0) is 42.9 Å². The lowest BCUT2D eigenvalue weighted by molar-refractivity contribution is -0.173. The van der Waals surface area contributed by atoms with Crippen LogP contribution in [-0.4, -0.2) is 61.0 Å². The Balaban J connectivity index is 2.14. The van der Waals surface area contributed by atoms with Crippen molar-refractivity contribution < 1.29 is 42.9 Å². The SMILES string of the molecule is C=C1C(=O)O[C@@H]2/C=C(\C)CC/C=C(/C(=O)OC)[C@@H](OC(C)=O)[C@@H](OC(=O)[C@]3(C)O[C@@H]3C)[C@@H]12. The van der Waals surface area contributed by atoms with Crippen molar-refractivity contribution in [2.24, 2.45) is 5.92 Å². The predicted octanol–water partition coefficient (Wildman–Crippen LogP) is 1.94. The Bertz CT molecular complexity index is 914. The van der Waals surface area contributed by atoms with Gasteiger partial charge in [0.25, 0.3) is 0 Å². The highest BCUT2D eigenvalue weighted by Crippen LogP contribution is 2.41. The second-order valence-corrected chi connectivity index (χ2v) is 8.39. The zero-order valence-electron chi connectivity index (χ0n) is 18.8. The molecular weight excluding hydrogens is 420 g/mol. The summed E-state index contributed by atoms with van der Waals surface area (Å²) >= 11 is 0. The van der Waals surface area contributed by atoms with Gasteiger partial charge in [-0.25, -0.2) is 14.4 Å². The Kier molecular flexibility index (Phi) is 6.59. The number of rotatable bonds is 4. The third-order valence-corrected chi connectivity index (χ3v) is 6.07. The maximum absolute atomic E-state index is 13.0. The fraction of sp³-hybridized carbons (Fsp3) is 0.565. The smallest absolute Gasteiger partial charge is 0.341 e. The van der Waals surface area contributed by atoms with E-state index in [1.807, 2.05) is 6.92 Å². The van der Waals surface area contributed by atoms with Crippen LogP contribution in [0.5, 0.6) is 0 Å². The molecule has 0 aromatic carbocycles. The van der Waals surface area contributed by atoms with E-state index in [1.165, 1.54) is 14.0 Å². The summed E-state index contributed by atoms with van der Waals surface area (Å²) in [4.78, 5) is 50.0. The number of fused-ring (bicyclic) bond motifs is 1. The van der Waals surface area contributed by atoms with Gasteiger partial charge in [0, 0.05) is 12.5 Å². The highest BCUT2D eigenvalue weighted by molar-refractivity contribution is 5.93. The standard InChI is InChI=1S/C23H28O9/c1-11-8-7-9-15(21(26)28-6)18(29-14(4)24)19(31-22(27)23(5)13(3)32-23)17-12(2)20(25)30-16(17)10-11/h9-10,13,16-19H,2,7-8H2,1,3-6H3/b11-10+,15-9+/t13-,16-,17+,18-,19+,23-/m1/s1. The monoisotopic (exact) mass is 448 g/mol. The number of epoxide rings is 1. The molecule has 0 N–H and O–H groups in total. The molecule has 3 rings (SSSR count). The summed E-state index contributed by atoms with van der Waals surface area (Å²) in [7, 11) is 1.20. The van der Waals surface area contributed by atoms with Crippen molar-refractivity contribution in [2.75, 3.05) is 7.11 Å². The molecule has 9 nitrogen and oxygen atoms in total. The van der Waals surface area contributed by atoms with Crippen molar-refractivity contribution in [1.29, 1.82) is 0 Å². The van der Waals surface area contributed by atoms with Crippen LogP contribution in [0, 0.1) is 5.92 Å². The molecule has 0 aromatic heterocycles. The third-order valence-electron chi connectivity index (χ3n) is 6.07. The van der Waals surface area contributed by atoms with E-state index in [-0.39, 0.29) is 17.3 Å². The molecule has 174 valence electrons. The molecule has 6 atom stereocenters. The average Bonchev–Trinajstić information content (AvgIpc) is 3.25. The fourth-order valence-corrected chi connectivity index (χ4v) is 3.98. The van der Waals surface area contributed by atoms with Gasteiger partial charge in [0.05, 0.1) is 24.7 Å². The molecule has 3 aliphatic rings. The Morgan fingerprint density at radius 3 is 2.47 bits per heavy atom. The number of hydrogen-bond donors (Lipinski definition) is 0. The van der Waals surface area contributed by atoms with E-state index in [2.05, 4.69) is 6.58 Å². The molecule has 0 radical (unpaired) electrons. The first kappa shape index (κ1) is 23.7. The first-order valence-corrected chi connectivity index (χ1v) is 10.4.